The van der Waals surface area contributed by atoms with E-state index in [4.69, 9.17) is 11.6 Å². The molecule has 0 fully saturated rings. The van der Waals surface area contributed by atoms with E-state index in [9.17, 15) is 31.1 Å². The second-order valence-corrected chi connectivity index (χ2v) is 8.69. The molecule has 0 spiro atoms. The van der Waals surface area contributed by atoms with Gasteiger partial charge in [0.05, 0.1) is 22.9 Å². The summed E-state index contributed by atoms with van der Waals surface area (Å²) in [6, 6.07) is 2.60. The van der Waals surface area contributed by atoms with Crippen molar-refractivity contribution in [1.82, 2.24) is 4.72 Å². The Morgan fingerprint density at radius 3 is 2.20 bits per heavy atom. The predicted molar refractivity (Wildman–Crippen MR) is 85.6 cm³/mol. The van der Waals surface area contributed by atoms with Gasteiger partial charge >= 0.3 is 0 Å². The van der Waals surface area contributed by atoms with E-state index in [1.54, 1.807) is 0 Å². The van der Waals surface area contributed by atoms with Crippen LogP contribution in [0.1, 0.15) is 11.5 Å². The Morgan fingerprint density at radius 1 is 1.16 bits per heavy atom. The van der Waals surface area contributed by atoms with Crippen LogP contribution in [0.15, 0.2) is 34.5 Å². The van der Waals surface area contributed by atoms with Gasteiger partial charge in [-0.3, -0.25) is 0 Å². The Labute approximate surface area is 150 Å². The highest BCUT2D eigenvalue weighted by Crippen LogP contribution is 2.31. The molecule has 0 bridgehead atoms. The highest BCUT2D eigenvalue weighted by Gasteiger charge is 2.35. The minimum atomic E-state index is -4.25. The van der Waals surface area contributed by atoms with Gasteiger partial charge in [0.1, 0.15) is 15.8 Å². The SMILES string of the molecule is O=S(=O)(N[C@H](CO)[C@H](c1cc(F)cc(F)c1)C(F)F)c1ccc(Cl)s1. The fraction of sp³-hybridized carbons (Fsp3) is 0.286. The minimum Gasteiger partial charge on any atom is -0.395 e. The number of sulfonamides is 1. The molecule has 2 aromatic rings. The molecular weight excluding hydrogens is 406 g/mol. The number of hydrogen-bond donors (Lipinski definition) is 2. The normalized spacial score (nSPS) is 14.7. The number of thiophene rings is 1. The van der Waals surface area contributed by atoms with Gasteiger partial charge in [-0.15, -0.1) is 11.3 Å². The van der Waals surface area contributed by atoms with Gasteiger partial charge in [0, 0.05) is 6.07 Å². The molecule has 2 rings (SSSR count). The van der Waals surface area contributed by atoms with Gasteiger partial charge in [-0.25, -0.2) is 30.7 Å². The van der Waals surface area contributed by atoms with Crippen molar-refractivity contribution < 1.29 is 31.1 Å². The fourth-order valence-corrected chi connectivity index (χ4v) is 4.99. The van der Waals surface area contributed by atoms with Crippen LogP contribution in [0.2, 0.25) is 4.34 Å². The van der Waals surface area contributed by atoms with Gasteiger partial charge in [-0.2, -0.15) is 0 Å². The number of rotatable bonds is 7. The molecule has 1 aromatic heterocycles. The monoisotopic (exact) mass is 417 g/mol. The summed E-state index contributed by atoms with van der Waals surface area (Å²) in [4.78, 5) is 0. The van der Waals surface area contributed by atoms with Gasteiger partial charge in [-0.1, -0.05) is 11.6 Å². The molecule has 11 heteroatoms. The maximum absolute atomic E-state index is 13.5. The molecule has 2 N–H and O–H groups in total. The second kappa shape index (κ2) is 8.00. The van der Waals surface area contributed by atoms with Crippen molar-refractivity contribution in [3.63, 3.8) is 0 Å². The van der Waals surface area contributed by atoms with E-state index in [1.807, 2.05) is 4.72 Å². The number of nitrogens with one attached hydrogen (secondary N) is 1. The maximum atomic E-state index is 13.5. The Balaban J connectivity index is 2.38. The first kappa shape index (κ1) is 20.1. The summed E-state index contributed by atoms with van der Waals surface area (Å²) in [5.74, 6) is -4.14. The van der Waals surface area contributed by atoms with E-state index in [2.05, 4.69) is 0 Å². The average molecular weight is 418 g/mol. The Kier molecular flexibility index (Phi) is 6.44. The lowest BCUT2D eigenvalue weighted by Gasteiger charge is -2.26. The first-order chi connectivity index (χ1) is 11.6. The van der Waals surface area contributed by atoms with E-state index in [0.717, 1.165) is 0 Å². The lowest BCUT2D eigenvalue weighted by atomic mass is 9.92. The number of aliphatic hydroxyl groups excluding tert-OH is 1. The summed E-state index contributed by atoms with van der Waals surface area (Å²) in [5.41, 5.74) is -0.474. The number of benzene rings is 1. The zero-order valence-corrected chi connectivity index (χ0v) is 14.7. The second-order valence-electron chi connectivity index (χ2n) is 5.03. The molecule has 1 heterocycles. The van der Waals surface area contributed by atoms with Crippen molar-refractivity contribution in [2.45, 2.75) is 22.6 Å². The Hall–Kier alpha value is -1.20. The standard InChI is InChI=1S/C14H12ClF4NO3S2/c15-11-1-2-12(24-11)25(22,23)20-10(6-21)13(14(18)19)7-3-8(16)5-9(17)4-7/h1-5,10,13-14,20-21H,6H2/t10-,13+/m1/s1. The van der Waals surface area contributed by atoms with Gasteiger partial charge in [0.2, 0.25) is 16.4 Å². The fourth-order valence-electron chi connectivity index (χ4n) is 2.24. The topological polar surface area (TPSA) is 66.4 Å². The zero-order valence-electron chi connectivity index (χ0n) is 12.3. The van der Waals surface area contributed by atoms with E-state index < -0.39 is 52.2 Å². The van der Waals surface area contributed by atoms with Gasteiger partial charge in [0.15, 0.2) is 0 Å². The molecule has 4 nitrogen and oxygen atoms in total. The molecule has 0 radical (unpaired) electrons. The van der Waals surface area contributed by atoms with E-state index in [-0.39, 0.29) is 8.55 Å². The molecule has 0 saturated heterocycles. The van der Waals surface area contributed by atoms with Crippen LogP contribution in [0, 0.1) is 11.6 Å². The lowest BCUT2D eigenvalue weighted by Crippen LogP contribution is -2.44. The molecule has 25 heavy (non-hydrogen) atoms. The molecule has 138 valence electrons. The van der Waals surface area contributed by atoms with Crippen LogP contribution in [0.3, 0.4) is 0 Å². The molecule has 0 aliphatic rings. The van der Waals surface area contributed by atoms with Crippen LogP contribution >= 0.6 is 22.9 Å². The third-order valence-electron chi connectivity index (χ3n) is 3.29. The summed E-state index contributed by atoms with van der Waals surface area (Å²) in [7, 11) is -4.25. The largest absolute Gasteiger partial charge is 0.395 e. The highest BCUT2D eigenvalue weighted by atomic mass is 35.5. The number of halogens is 5. The molecule has 0 amide bonds. The van der Waals surface area contributed by atoms with Crippen LogP contribution in [-0.4, -0.2) is 32.6 Å². The molecule has 0 aliphatic heterocycles. The smallest absolute Gasteiger partial charge is 0.250 e. The predicted octanol–water partition coefficient (Wildman–Crippen LogP) is 3.37. The number of hydrogen-bond acceptors (Lipinski definition) is 4. The zero-order chi connectivity index (χ0) is 18.8. The van der Waals surface area contributed by atoms with E-state index in [1.165, 1.54) is 12.1 Å². The van der Waals surface area contributed by atoms with Crippen LogP contribution in [0.4, 0.5) is 17.6 Å². The molecule has 2 atom stereocenters. The van der Waals surface area contributed by atoms with Crippen LogP contribution < -0.4 is 4.72 Å². The third kappa shape index (κ3) is 4.91. The first-order valence-electron chi connectivity index (χ1n) is 6.76. The van der Waals surface area contributed by atoms with Crippen molar-refractivity contribution >= 4 is 33.0 Å². The first-order valence-corrected chi connectivity index (χ1v) is 9.44. The van der Waals surface area contributed by atoms with E-state index >= 15 is 0 Å². The minimum absolute atomic E-state index is 0.165. The van der Waals surface area contributed by atoms with Crippen molar-refractivity contribution in [2.75, 3.05) is 6.61 Å². The van der Waals surface area contributed by atoms with Crippen LogP contribution in [-0.2, 0) is 10.0 Å². The molecule has 1 aromatic carbocycles. The molecule has 0 saturated carbocycles. The third-order valence-corrected chi connectivity index (χ3v) is 6.50. The molecular formula is C14H12ClF4NO3S2. The van der Waals surface area contributed by atoms with Gasteiger partial charge < -0.3 is 5.11 Å². The number of alkyl halides is 2. The van der Waals surface area contributed by atoms with Crippen molar-refractivity contribution in [3.05, 3.63) is 51.9 Å². The molecule has 0 aliphatic carbocycles. The summed E-state index contributed by atoms with van der Waals surface area (Å²) in [5, 5.41) is 9.39. The van der Waals surface area contributed by atoms with Crippen molar-refractivity contribution in [3.8, 4) is 0 Å². The quantitative estimate of drug-likeness (QED) is 0.679. The summed E-state index contributed by atoms with van der Waals surface area (Å²) in [6.07, 6.45) is -3.19. The van der Waals surface area contributed by atoms with Crippen molar-refractivity contribution in [1.29, 1.82) is 0 Å². The van der Waals surface area contributed by atoms with E-state index in [0.29, 0.717) is 29.5 Å². The van der Waals surface area contributed by atoms with Crippen LogP contribution in [0.25, 0.3) is 0 Å². The van der Waals surface area contributed by atoms with Gasteiger partial charge in [-0.05, 0) is 29.8 Å². The summed E-state index contributed by atoms with van der Waals surface area (Å²) < 4.78 is 79.9. The van der Waals surface area contributed by atoms with Crippen LogP contribution in [0.5, 0.6) is 0 Å². The molecule has 0 unspecified atom stereocenters. The van der Waals surface area contributed by atoms with Crippen molar-refractivity contribution in [2.24, 2.45) is 0 Å². The average Bonchev–Trinajstić information content (AvgIpc) is 2.92. The Bertz CT molecular complexity index is 824. The maximum Gasteiger partial charge on any atom is 0.250 e. The number of aliphatic hydroxyl groups is 1. The van der Waals surface area contributed by atoms with Gasteiger partial charge in [0.25, 0.3) is 0 Å². The lowest BCUT2D eigenvalue weighted by molar-refractivity contribution is 0.0835. The summed E-state index contributed by atoms with van der Waals surface area (Å²) in [6.45, 7) is -1.01. The Morgan fingerprint density at radius 2 is 1.76 bits per heavy atom. The highest BCUT2D eigenvalue weighted by molar-refractivity contribution is 7.91. The summed E-state index contributed by atoms with van der Waals surface area (Å²) >= 11 is 6.35.